The van der Waals surface area contributed by atoms with E-state index in [0.29, 0.717) is 0 Å². The number of hydrogen-bond acceptors (Lipinski definition) is 2. The molecule has 0 aliphatic carbocycles. The minimum absolute atomic E-state index is 1.00. The van der Waals surface area contributed by atoms with Gasteiger partial charge in [-0.05, 0) is 5.22 Å². The predicted octanol–water partition coefficient (Wildman–Crippen LogP) is 1.21. The molecule has 0 saturated carbocycles. The molecule has 17 heavy (non-hydrogen) atoms. The van der Waals surface area contributed by atoms with Crippen LogP contribution in [0, 0.1) is 0 Å². The Balaban J connectivity index is 2.38. The summed E-state index contributed by atoms with van der Waals surface area (Å²) in [5.41, 5.74) is 2.13. The van der Waals surface area contributed by atoms with E-state index in [1.165, 1.54) is 0 Å². The van der Waals surface area contributed by atoms with Gasteiger partial charge in [-0.2, -0.15) is 0 Å². The van der Waals surface area contributed by atoms with Crippen molar-refractivity contribution >= 4 is 18.2 Å². The quantitative estimate of drug-likeness (QED) is 0.767. The maximum absolute atomic E-state index is 4.48. The van der Waals surface area contributed by atoms with Gasteiger partial charge >= 0.3 is 0 Å². The first-order valence-corrected chi connectivity index (χ1v) is 5.59. The maximum atomic E-state index is 4.48. The molecule has 2 aromatic rings. The molecule has 0 saturated heterocycles. The van der Waals surface area contributed by atoms with E-state index in [4.69, 9.17) is 0 Å². The fraction of sp³-hybridized carbons (Fsp3) is 0. The molecule has 3 rings (SSSR count). The molecule has 2 nitrogen and oxygen atoms in total. The summed E-state index contributed by atoms with van der Waals surface area (Å²) < 4.78 is 0. The maximum Gasteiger partial charge on any atom is 0.0926 e. The molecule has 0 radical (unpaired) electrons. The normalized spacial score (nSPS) is 13.3. The van der Waals surface area contributed by atoms with Crippen LogP contribution < -0.4 is 15.8 Å². The molecular weight excluding hydrogens is 208 g/mol. The Hall–Kier alpha value is -2.35. The summed E-state index contributed by atoms with van der Waals surface area (Å²) in [5, 5.41) is 5.37. The number of rotatable bonds is 1. The molecule has 2 heteroatoms. The highest BCUT2D eigenvalue weighted by atomic mass is 14.9. The zero-order valence-corrected chi connectivity index (χ0v) is 9.30. The molecule has 0 fully saturated rings. The van der Waals surface area contributed by atoms with Crippen LogP contribution in [0.25, 0.3) is 11.9 Å². The number of hydrogen-bond donors (Lipinski definition) is 1. The smallest absolute Gasteiger partial charge is 0.0926 e. The van der Waals surface area contributed by atoms with Crippen LogP contribution in [-0.2, 0) is 0 Å². The standard InChI is InChI=1S/C15H12N2/c1-2-6-12(7-3-1)15-14-9-5-4-8-13(14)10-16-11-17-15/h1-11H,(H,16,17). The van der Waals surface area contributed by atoms with E-state index in [0.717, 1.165) is 21.7 Å². The summed E-state index contributed by atoms with van der Waals surface area (Å²) in [7, 11) is 0. The highest BCUT2D eigenvalue weighted by Gasteiger charge is 2.02. The van der Waals surface area contributed by atoms with Crippen molar-refractivity contribution in [1.82, 2.24) is 5.32 Å². The molecule has 1 heterocycles. The van der Waals surface area contributed by atoms with Crippen molar-refractivity contribution in [2.45, 2.75) is 0 Å². The van der Waals surface area contributed by atoms with Crippen LogP contribution in [0.3, 0.4) is 0 Å². The Morgan fingerprint density at radius 1 is 0.824 bits per heavy atom. The molecule has 1 N–H and O–H groups in total. The Labute approximate surface area is 99.6 Å². The highest BCUT2D eigenvalue weighted by Crippen LogP contribution is 2.11. The third kappa shape index (κ3) is 1.85. The largest absolute Gasteiger partial charge is 0.352 e. The van der Waals surface area contributed by atoms with E-state index < -0.39 is 0 Å². The first-order chi connectivity index (χ1) is 8.45. The van der Waals surface area contributed by atoms with Crippen molar-refractivity contribution in [2.75, 3.05) is 0 Å². The van der Waals surface area contributed by atoms with Gasteiger partial charge in [-0.3, -0.25) is 0 Å². The van der Waals surface area contributed by atoms with E-state index in [1.54, 1.807) is 6.34 Å². The molecular formula is C15H12N2. The molecule has 0 spiro atoms. The molecule has 0 unspecified atom stereocenters. The molecule has 2 aromatic carbocycles. The third-order valence-electron chi connectivity index (χ3n) is 2.77. The van der Waals surface area contributed by atoms with Gasteiger partial charge in [0.05, 0.1) is 12.0 Å². The zero-order valence-electron chi connectivity index (χ0n) is 9.30. The number of fused-ring (bicyclic) bond motifs is 1. The second kappa shape index (κ2) is 4.26. The van der Waals surface area contributed by atoms with E-state index in [1.807, 2.05) is 36.5 Å². The van der Waals surface area contributed by atoms with Crippen LogP contribution in [0.15, 0.2) is 59.6 Å². The molecule has 82 valence electrons. The van der Waals surface area contributed by atoms with Crippen LogP contribution in [0.2, 0.25) is 0 Å². The van der Waals surface area contributed by atoms with Gasteiger partial charge in [-0.25, -0.2) is 4.99 Å². The van der Waals surface area contributed by atoms with Crippen molar-refractivity contribution in [1.29, 1.82) is 0 Å². The molecule has 0 aromatic heterocycles. The lowest BCUT2D eigenvalue weighted by Gasteiger charge is -2.01. The van der Waals surface area contributed by atoms with Gasteiger partial charge in [0.2, 0.25) is 0 Å². The van der Waals surface area contributed by atoms with Gasteiger partial charge in [0, 0.05) is 17.0 Å². The van der Waals surface area contributed by atoms with E-state index in [-0.39, 0.29) is 0 Å². The van der Waals surface area contributed by atoms with Gasteiger partial charge < -0.3 is 5.32 Å². The number of aliphatic imine (C=N–C) groups is 1. The van der Waals surface area contributed by atoms with Crippen LogP contribution in [-0.4, -0.2) is 6.34 Å². The monoisotopic (exact) mass is 220 g/mol. The summed E-state index contributed by atoms with van der Waals surface area (Å²) >= 11 is 0. The third-order valence-corrected chi connectivity index (χ3v) is 2.77. The van der Waals surface area contributed by atoms with Gasteiger partial charge in [0.1, 0.15) is 0 Å². The van der Waals surface area contributed by atoms with Crippen molar-refractivity contribution in [3.05, 3.63) is 70.6 Å². The lowest BCUT2D eigenvalue weighted by molar-refractivity contribution is 1.40. The fourth-order valence-corrected chi connectivity index (χ4v) is 1.96. The SMILES string of the molecule is C1=NC(c2ccccc2)=c2ccccc2=CN1. The van der Waals surface area contributed by atoms with Crippen LogP contribution in [0.4, 0.5) is 0 Å². The second-order valence-corrected chi connectivity index (χ2v) is 3.87. The van der Waals surface area contributed by atoms with Crippen molar-refractivity contribution in [3.8, 4) is 0 Å². The minimum atomic E-state index is 1.00. The first kappa shape index (κ1) is 9.85. The van der Waals surface area contributed by atoms with Gasteiger partial charge in [-0.15, -0.1) is 0 Å². The summed E-state index contributed by atoms with van der Waals surface area (Å²) in [6.45, 7) is 0. The molecule has 1 aliphatic rings. The van der Waals surface area contributed by atoms with Crippen LogP contribution in [0.5, 0.6) is 0 Å². The topological polar surface area (TPSA) is 24.4 Å². The Morgan fingerprint density at radius 3 is 2.47 bits per heavy atom. The Bertz CT molecular complexity index is 670. The second-order valence-electron chi connectivity index (χ2n) is 3.87. The molecule has 1 aliphatic heterocycles. The fourth-order valence-electron chi connectivity index (χ4n) is 1.96. The van der Waals surface area contributed by atoms with E-state index >= 15 is 0 Å². The summed E-state index contributed by atoms with van der Waals surface area (Å²) in [4.78, 5) is 4.48. The number of nitrogens with one attached hydrogen (secondary N) is 1. The molecule has 0 bridgehead atoms. The Kier molecular flexibility index (Phi) is 2.47. The van der Waals surface area contributed by atoms with Crippen LogP contribution >= 0.6 is 0 Å². The average Bonchev–Trinajstić information content (AvgIpc) is 2.62. The van der Waals surface area contributed by atoms with Gasteiger partial charge in [0.15, 0.2) is 0 Å². The predicted molar refractivity (Wildman–Crippen MR) is 70.7 cm³/mol. The number of benzene rings is 2. The summed E-state index contributed by atoms with van der Waals surface area (Å²) in [6.07, 6.45) is 3.69. The van der Waals surface area contributed by atoms with Gasteiger partial charge in [-0.1, -0.05) is 54.6 Å². The van der Waals surface area contributed by atoms with Crippen molar-refractivity contribution in [3.63, 3.8) is 0 Å². The molecule has 0 atom stereocenters. The first-order valence-electron chi connectivity index (χ1n) is 5.59. The van der Waals surface area contributed by atoms with E-state index in [9.17, 15) is 0 Å². The lowest BCUT2D eigenvalue weighted by Crippen LogP contribution is -2.27. The minimum Gasteiger partial charge on any atom is -0.352 e. The van der Waals surface area contributed by atoms with Gasteiger partial charge in [0.25, 0.3) is 0 Å². The van der Waals surface area contributed by atoms with Crippen molar-refractivity contribution in [2.24, 2.45) is 4.99 Å². The molecule has 0 amide bonds. The summed E-state index contributed by atoms with van der Waals surface area (Å²) in [5.74, 6) is 0. The highest BCUT2D eigenvalue weighted by molar-refractivity contribution is 5.76. The average molecular weight is 220 g/mol. The van der Waals surface area contributed by atoms with Crippen molar-refractivity contribution < 1.29 is 0 Å². The summed E-state index contributed by atoms with van der Waals surface area (Å²) in [6, 6.07) is 18.5. The van der Waals surface area contributed by atoms with E-state index in [2.05, 4.69) is 34.6 Å². The lowest BCUT2D eigenvalue weighted by atomic mass is 10.1. The Morgan fingerprint density at radius 2 is 1.59 bits per heavy atom. The number of nitrogens with zero attached hydrogens (tertiary/aromatic N) is 1. The zero-order chi connectivity index (χ0) is 11.5. The van der Waals surface area contributed by atoms with Crippen LogP contribution in [0.1, 0.15) is 5.56 Å².